The Kier molecular flexibility index (Phi) is 4.64. The van der Waals surface area contributed by atoms with Crippen LogP contribution in [0.1, 0.15) is 6.42 Å². The van der Waals surface area contributed by atoms with Crippen LogP contribution < -0.4 is 0 Å². The monoisotopic (exact) mass is 92.1 g/mol. The lowest BCUT2D eigenvalue weighted by atomic mass is 10.4. The van der Waals surface area contributed by atoms with E-state index in [4.69, 9.17) is 13.2 Å². The number of hydrogen-bond donors (Lipinski definition) is 0. The van der Waals surface area contributed by atoms with Gasteiger partial charge in [0.15, 0.2) is 0 Å². The summed E-state index contributed by atoms with van der Waals surface area (Å²) < 4.78 is 0. The van der Waals surface area contributed by atoms with Crippen LogP contribution >= 0.6 is 0 Å². The molecule has 0 N–H and O–H groups in total. The van der Waals surface area contributed by atoms with Gasteiger partial charge in [0.05, 0.1) is 0 Å². The van der Waals surface area contributed by atoms with Crippen LogP contribution in [0.5, 0.6) is 0 Å². The summed E-state index contributed by atoms with van der Waals surface area (Å²) in [7, 11) is 0. The van der Waals surface area contributed by atoms with E-state index in [1.54, 1.807) is 12.2 Å². The third kappa shape index (κ3) is 5.22. The van der Waals surface area contributed by atoms with E-state index < -0.39 is 0 Å². The molecular formula is C7H8. The second-order valence-corrected chi connectivity index (χ2v) is 1.09. The van der Waals surface area contributed by atoms with Crippen LogP contribution in [-0.4, -0.2) is 0 Å². The summed E-state index contributed by atoms with van der Waals surface area (Å²) in [6.45, 7) is 10.0. The Morgan fingerprint density at radius 3 is 2.43 bits per heavy atom. The molecule has 0 nitrogen and oxygen atoms in total. The van der Waals surface area contributed by atoms with Crippen molar-refractivity contribution in [1.82, 2.24) is 0 Å². The number of hydrogen-bond acceptors (Lipinski definition) is 0. The highest BCUT2D eigenvalue weighted by atomic mass is 13.7. The fraction of sp³-hybridized carbons (Fsp3) is 0.143. The molecule has 0 heterocycles. The average Bonchev–Trinajstić information content (AvgIpc) is 1.69. The molecule has 0 saturated carbocycles. The minimum Gasteiger partial charge on any atom is -0.0808 e. The normalized spacial score (nSPS) is 9.14. The summed E-state index contributed by atoms with van der Waals surface area (Å²) in [4.78, 5) is 0. The molecule has 0 aliphatic rings. The zero-order chi connectivity index (χ0) is 5.54. The second-order valence-electron chi connectivity index (χ2n) is 1.09. The molecule has 2 radical (unpaired) electrons. The molecule has 0 unspecified atom stereocenters. The molecule has 0 saturated heterocycles. The summed E-state index contributed by atoms with van der Waals surface area (Å²) >= 11 is 0. The van der Waals surface area contributed by atoms with Gasteiger partial charge in [-0.15, -0.1) is 0 Å². The Labute approximate surface area is 44.9 Å². The van der Waals surface area contributed by atoms with Gasteiger partial charge in [-0.1, -0.05) is 37.5 Å². The molecule has 0 aromatic heterocycles. The van der Waals surface area contributed by atoms with Crippen molar-refractivity contribution in [3.8, 4) is 0 Å². The Balaban J connectivity index is 3.08. The number of allylic oxidation sites excluding steroid dienone is 4. The third-order valence-corrected chi connectivity index (χ3v) is 0.519. The standard InChI is InChI=1S/C7H8/c1-3-5-7-6-4-2/h1-5,7H,6H2/b3-1?,4-2?,7-5+. The van der Waals surface area contributed by atoms with E-state index in [1.807, 2.05) is 6.08 Å². The Hall–Kier alpha value is -0.780. The first-order valence-electron chi connectivity index (χ1n) is 2.15. The lowest BCUT2D eigenvalue weighted by Crippen LogP contribution is -1.50. The van der Waals surface area contributed by atoms with Crippen LogP contribution in [0, 0.1) is 13.2 Å². The van der Waals surface area contributed by atoms with Gasteiger partial charge in [-0.25, -0.2) is 0 Å². The topological polar surface area (TPSA) is 0 Å². The van der Waals surface area contributed by atoms with Crippen LogP contribution in [0.4, 0.5) is 0 Å². The largest absolute Gasteiger partial charge is 0.0808 e. The zero-order valence-electron chi connectivity index (χ0n) is 4.17. The third-order valence-electron chi connectivity index (χ3n) is 0.519. The maximum absolute atomic E-state index is 5.04. The highest BCUT2D eigenvalue weighted by molar-refractivity contribution is 4.97. The predicted octanol–water partition coefficient (Wildman–Crippen LogP) is 1.91. The van der Waals surface area contributed by atoms with Gasteiger partial charge in [-0.05, 0) is 6.42 Å². The Morgan fingerprint density at radius 1 is 1.29 bits per heavy atom. The van der Waals surface area contributed by atoms with Crippen molar-refractivity contribution in [2.75, 3.05) is 0 Å². The summed E-state index contributed by atoms with van der Waals surface area (Å²) in [6.07, 6.45) is 7.46. The van der Waals surface area contributed by atoms with Gasteiger partial charge in [0.25, 0.3) is 0 Å². The smallest absolute Gasteiger partial charge is 0.0163 e. The second kappa shape index (κ2) is 5.22. The van der Waals surface area contributed by atoms with Crippen LogP contribution in [-0.2, 0) is 0 Å². The van der Waals surface area contributed by atoms with Gasteiger partial charge in [-0.2, -0.15) is 0 Å². The quantitative estimate of drug-likeness (QED) is 0.466. The minimum atomic E-state index is 0.785. The summed E-state index contributed by atoms with van der Waals surface area (Å²) in [5, 5.41) is 0. The fourth-order valence-electron chi connectivity index (χ4n) is 0.236. The molecule has 0 bridgehead atoms. The van der Waals surface area contributed by atoms with E-state index >= 15 is 0 Å². The van der Waals surface area contributed by atoms with E-state index in [-0.39, 0.29) is 0 Å². The van der Waals surface area contributed by atoms with Crippen molar-refractivity contribution >= 4 is 0 Å². The molecule has 0 aromatic carbocycles. The van der Waals surface area contributed by atoms with Crippen LogP contribution in [0.15, 0.2) is 24.3 Å². The lowest BCUT2D eigenvalue weighted by molar-refractivity contribution is 1.40. The molecule has 0 aromatic rings. The van der Waals surface area contributed by atoms with Gasteiger partial charge < -0.3 is 0 Å². The summed E-state index contributed by atoms with van der Waals surface area (Å²) in [5.41, 5.74) is 0. The van der Waals surface area contributed by atoms with Crippen LogP contribution in [0.25, 0.3) is 0 Å². The molecule has 0 amide bonds. The zero-order valence-corrected chi connectivity index (χ0v) is 4.17. The van der Waals surface area contributed by atoms with Crippen LogP contribution in [0.2, 0.25) is 0 Å². The number of rotatable bonds is 3. The highest BCUT2D eigenvalue weighted by Gasteiger charge is 1.60. The van der Waals surface area contributed by atoms with E-state index in [0.717, 1.165) is 6.42 Å². The molecule has 0 spiro atoms. The maximum Gasteiger partial charge on any atom is -0.0163 e. The minimum absolute atomic E-state index is 0.785. The fourth-order valence-corrected chi connectivity index (χ4v) is 0.236. The van der Waals surface area contributed by atoms with Crippen molar-refractivity contribution in [3.63, 3.8) is 0 Å². The van der Waals surface area contributed by atoms with Gasteiger partial charge in [-0.3, -0.25) is 0 Å². The van der Waals surface area contributed by atoms with E-state index in [0.29, 0.717) is 0 Å². The SMILES string of the molecule is [CH]=C/C=C/CC=[CH]. The molecule has 36 valence electrons. The van der Waals surface area contributed by atoms with Crippen LogP contribution in [0.3, 0.4) is 0 Å². The predicted molar refractivity (Wildman–Crippen MR) is 31.5 cm³/mol. The van der Waals surface area contributed by atoms with E-state index in [9.17, 15) is 0 Å². The van der Waals surface area contributed by atoms with Gasteiger partial charge in [0, 0.05) is 0 Å². The van der Waals surface area contributed by atoms with Gasteiger partial charge >= 0.3 is 0 Å². The molecule has 7 heavy (non-hydrogen) atoms. The highest BCUT2D eigenvalue weighted by Crippen LogP contribution is 1.80. The molecular weight excluding hydrogens is 84.1 g/mol. The first-order valence-corrected chi connectivity index (χ1v) is 2.15. The summed E-state index contributed by atoms with van der Waals surface area (Å²) in [5.74, 6) is 0. The first kappa shape index (κ1) is 6.22. The first-order chi connectivity index (χ1) is 3.41. The lowest BCUT2D eigenvalue weighted by Gasteiger charge is -1.71. The summed E-state index contributed by atoms with van der Waals surface area (Å²) in [6, 6.07) is 0. The molecule has 0 aliphatic heterocycles. The van der Waals surface area contributed by atoms with E-state index in [1.165, 1.54) is 6.08 Å². The Morgan fingerprint density at radius 2 is 2.00 bits per heavy atom. The van der Waals surface area contributed by atoms with Crippen molar-refractivity contribution in [1.29, 1.82) is 0 Å². The van der Waals surface area contributed by atoms with Gasteiger partial charge in [0.1, 0.15) is 0 Å². The van der Waals surface area contributed by atoms with E-state index in [2.05, 4.69) is 0 Å². The van der Waals surface area contributed by atoms with Crippen molar-refractivity contribution in [2.45, 2.75) is 6.42 Å². The molecule has 0 heteroatoms. The molecule has 0 rings (SSSR count). The van der Waals surface area contributed by atoms with Crippen molar-refractivity contribution in [2.24, 2.45) is 0 Å². The van der Waals surface area contributed by atoms with Gasteiger partial charge in [0.2, 0.25) is 0 Å². The average molecular weight is 92.1 g/mol. The Bertz CT molecular complexity index is 78.0. The molecule has 0 aliphatic carbocycles. The molecule has 0 fully saturated rings. The maximum atomic E-state index is 5.04. The molecule has 0 atom stereocenters. The van der Waals surface area contributed by atoms with Crippen molar-refractivity contribution in [3.05, 3.63) is 37.5 Å². The van der Waals surface area contributed by atoms with Crippen molar-refractivity contribution < 1.29 is 0 Å².